The third kappa shape index (κ3) is 4.67. The summed E-state index contributed by atoms with van der Waals surface area (Å²) in [5.74, 6) is 0.400. The molecule has 2 heterocycles. The number of likely N-dealkylation sites (tertiary alicyclic amines) is 1. The molecule has 156 valence electrons. The van der Waals surface area contributed by atoms with Crippen LogP contribution in [0.5, 0.6) is 0 Å². The van der Waals surface area contributed by atoms with E-state index in [2.05, 4.69) is 10.3 Å². The van der Waals surface area contributed by atoms with E-state index in [9.17, 15) is 14.7 Å². The first kappa shape index (κ1) is 21.0. The SMILES string of the molecule is Cc1ncoc1-c1ccc(CNC(=O)[C@@H]2C[C@@H](O)CN2C(=O)[C@@H](C)C(C)C)cc1. The summed E-state index contributed by atoms with van der Waals surface area (Å²) in [6.07, 6.45) is 1.02. The summed E-state index contributed by atoms with van der Waals surface area (Å²) in [6, 6.07) is 7.06. The Kier molecular flexibility index (Phi) is 6.37. The number of aliphatic hydroxyl groups excluding tert-OH is 1. The quantitative estimate of drug-likeness (QED) is 0.778. The molecule has 29 heavy (non-hydrogen) atoms. The van der Waals surface area contributed by atoms with Gasteiger partial charge in [0.15, 0.2) is 12.2 Å². The van der Waals surface area contributed by atoms with E-state index >= 15 is 0 Å². The second-order valence-electron chi connectivity index (χ2n) is 8.11. The largest absolute Gasteiger partial charge is 0.443 e. The fraction of sp³-hybridized carbons (Fsp3) is 0.500. The highest BCUT2D eigenvalue weighted by Gasteiger charge is 2.40. The van der Waals surface area contributed by atoms with Gasteiger partial charge in [-0.25, -0.2) is 4.98 Å². The average Bonchev–Trinajstić information content (AvgIpc) is 3.30. The van der Waals surface area contributed by atoms with Crippen LogP contribution in [0.25, 0.3) is 11.3 Å². The van der Waals surface area contributed by atoms with Crippen LogP contribution < -0.4 is 5.32 Å². The van der Waals surface area contributed by atoms with Gasteiger partial charge >= 0.3 is 0 Å². The molecule has 7 nitrogen and oxygen atoms in total. The Morgan fingerprint density at radius 1 is 1.28 bits per heavy atom. The summed E-state index contributed by atoms with van der Waals surface area (Å²) in [5.41, 5.74) is 2.69. The first-order valence-corrected chi connectivity index (χ1v) is 10.0. The summed E-state index contributed by atoms with van der Waals surface area (Å²) in [5, 5.41) is 12.9. The number of aromatic nitrogens is 1. The number of hydrogen-bond donors (Lipinski definition) is 2. The van der Waals surface area contributed by atoms with Crippen molar-refractivity contribution in [1.29, 1.82) is 0 Å². The summed E-state index contributed by atoms with van der Waals surface area (Å²) in [6.45, 7) is 8.27. The fourth-order valence-electron chi connectivity index (χ4n) is 3.51. The molecule has 2 N–H and O–H groups in total. The first-order chi connectivity index (χ1) is 13.8. The van der Waals surface area contributed by atoms with Crippen LogP contribution in [-0.4, -0.2) is 45.5 Å². The van der Waals surface area contributed by atoms with Gasteiger partial charge in [-0.1, -0.05) is 45.0 Å². The number of carbonyl (C=O) groups excluding carboxylic acids is 2. The van der Waals surface area contributed by atoms with Crippen LogP contribution in [0.3, 0.4) is 0 Å². The van der Waals surface area contributed by atoms with E-state index in [0.717, 1.165) is 22.6 Å². The summed E-state index contributed by atoms with van der Waals surface area (Å²) in [4.78, 5) is 31.1. The number of amides is 2. The van der Waals surface area contributed by atoms with E-state index in [-0.39, 0.29) is 36.6 Å². The number of nitrogens with one attached hydrogen (secondary N) is 1. The zero-order valence-corrected chi connectivity index (χ0v) is 17.4. The van der Waals surface area contributed by atoms with Gasteiger partial charge in [0.2, 0.25) is 11.8 Å². The molecule has 7 heteroatoms. The smallest absolute Gasteiger partial charge is 0.243 e. The lowest BCUT2D eigenvalue weighted by atomic mass is 9.96. The number of nitrogens with zero attached hydrogens (tertiary/aromatic N) is 2. The van der Waals surface area contributed by atoms with Crippen molar-refractivity contribution in [3.63, 3.8) is 0 Å². The number of carbonyl (C=O) groups is 2. The number of hydrogen-bond acceptors (Lipinski definition) is 5. The van der Waals surface area contributed by atoms with Crippen molar-refractivity contribution in [3.05, 3.63) is 41.9 Å². The van der Waals surface area contributed by atoms with Crippen molar-refractivity contribution in [2.45, 2.75) is 52.8 Å². The third-order valence-electron chi connectivity index (χ3n) is 5.68. The van der Waals surface area contributed by atoms with Gasteiger partial charge in [-0.2, -0.15) is 0 Å². The van der Waals surface area contributed by atoms with Crippen LogP contribution in [-0.2, 0) is 16.1 Å². The minimum absolute atomic E-state index is 0.0801. The van der Waals surface area contributed by atoms with E-state index in [1.54, 1.807) is 0 Å². The van der Waals surface area contributed by atoms with Crippen LogP contribution in [0, 0.1) is 18.8 Å². The molecule has 1 fully saturated rings. The minimum atomic E-state index is -0.668. The highest BCUT2D eigenvalue weighted by Crippen LogP contribution is 2.24. The van der Waals surface area contributed by atoms with Gasteiger partial charge in [-0.3, -0.25) is 9.59 Å². The Bertz CT molecular complexity index is 859. The lowest BCUT2D eigenvalue weighted by molar-refractivity contribution is -0.142. The zero-order valence-electron chi connectivity index (χ0n) is 17.4. The van der Waals surface area contributed by atoms with Crippen LogP contribution >= 0.6 is 0 Å². The first-order valence-electron chi connectivity index (χ1n) is 10.0. The molecule has 0 unspecified atom stereocenters. The second-order valence-corrected chi connectivity index (χ2v) is 8.11. The molecule has 0 spiro atoms. The topological polar surface area (TPSA) is 95.7 Å². The van der Waals surface area contributed by atoms with Gasteiger partial charge in [0.25, 0.3) is 0 Å². The maximum Gasteiger partial charge on any atom is 0.243 e. The third-order valence-corrected chi connectivity index (χ3v) is 5.68. The lowest BCUT2D eigenvalue weighted by Crippen LogP contribution is -2.48. The van der Waals surface area contributed by atoms with E-state index in [0.29, 0.717) is 6.54 Å². The number of aliphatic hydroxyl groups is 1. The molecule has 0 saturated carbocycles. The van der Waals surface area contributed by atoms with Crippen molar-refractivity contribution < 1.29 is 19.1 Å². The van der Waals surface area contributed by atoms with Gasteiger partial charge in [0.05, 0.1) is 11.8 Å². The number of benzene rings is 1. The van der Waals surface area contributed by atoms with E-state index in [4.69, 9.17) is 4.42 Å². The molecule has 1 aliphatic heterocycles. The normalized spacial score (nSPS) is 20.1. The van der Waals surface area contributed by atoms with E-state index in [1.165, 1.54) is 11.3 Å². The average molecular weight is 399 g/mol. The zero-order chi connectivity index (χ0) is 21.1. The van der Waals surface area contributed by atoms with Gasteiger partial charge < -0.3 is 19.7 Å². The molecular formula is C22H29N3O4. The van der Waals surface area contributed by atoms with Crippen LogP contribution in [0.4, 0.5) is 0 Å². The van der Waals surface area contributed by atoms with Gasteiger partial charge in [0, 0.05) is 31.0 Å². The molecule has 1 aliphatic rings. The Morgan fingerprint density at radius 2 is 1.97 bits per heavy atom. The predicted octanol–water partition coefficient (Wildman–Crippen LogP) is 2.52. The maximum atomic E-state index is 12.7. The van der Waals surface area contributed by atoms with Crippen molar-refractivity contribution >= 4 is 11.8 Å². The molecule has 1 saturated heterocycles. The molecule has 2 amide bonds. The highest BCUT2D eigenvalue weighted by molar-refractivity contribution is 5.89. The number of oxazole rings is 1. The molecule has 3 rings (SSSR count). The minimum Gasteiger partial charge on any atom is -0.443 e. The van der Waals surface area contributed by atoms with Crippen LogP contribution in [0.2, 0.25) is 0 Å². The summed E-state index contributed by atoms with van der Waals surface area (Å²) in [7, 11) is 0. The Balaban J connectivity index is 1.62. The number of aryl methyl sites for hydroxylation is 1. The molecule has 3 atom stereocenters. The number of rotatable bonds is 6. The molecule has 0 aliphatic carbocycles. The standard InChI is InChI=1S/C22H29N3O4/c1-13(2)14(3)22(28)25-11-18(26)9-19(25)21(27)23-10-16-5-7-17(8-6-16)20-15(4)24-12-29-20/h5-8,12-14,18-19,26H,9-11H2,1-4H3,(H,23,27)/t14-,18+,19-/m0/s1. The monoisotopic (exact) mass is 399 g/mol. The van der Waals surface area contributed by atoms with Crippen molar-refractivity contribution in [3.8, 4) is 11.3 Å². The molecule has 0 bridgehead atoms. The van der Waals surface area contributed by atoms with Gasteiger partial charge in [0.1, 0.15) is 6.04 Å². The van der Waals surface area contributed by atoms with E-state index in [1.807, 2.05) is 52.0 Å². The lowest BCUT2D eigenvalue weighted by Gasteiger charge is -2.28. The van der Waals surface area contributed by atoms with Crippen molar-refractivity contribution in [2.75, 3.05) is 6.54 Å². The van der Waals surface area contributed by atoms with Crippen molar-refractivity contribution in [1.82, 2.24) is 15.2 Å². The Hall–Kier alpha value is -2.67. The van der Waals surface area contributed by atoms with Crippen molar-refractivity contribution in [2.24, 2.45) is 11.8 Å². The van der Waals surface area contributed by atoms with E-state index < -0.39 is 12.1 Å². The molecular weight excluding hydrogens is 370 g/mol. The molecule has 0 radical (unpaired) electrons. The second kappa shape index (κ2) is 8.78. The van der Waals surface area contributed by atoms with Crippen LogP contribution in [0.15, 0.2) is 35.1 Å². The van der Waals surface area contributed by atoms with Gasteiger partial charge in [-0.15, -0.1) is 0 Å². The maximum absolute atomic E-state index is 12.7. The highest BCUT2D eigenvalue weighted by atomic mass is 16.3. The predicted molar refractivity (Wildman–Crippen MR) is 109 cm³/mol. The Labute approximate surface area is 171 Å². The fourth-order valence-corrected chi connectivity index (χ4v) is 3.51. The molecule has 1 aromatic heterocycles. The van der Waals surface area contributed by atoms with Crippen LogP contribution in [0.1, 0.15) is 38.4 Å². The Morgan fingerprint density at radius 3 is 2.55 bits per heavy atom. The summed E-state index contributed by atoms with van der Waals surface area (Å²) < 4.78 is 5.39. The molecule has 2 aromatic rings. The molecule has 1 aromatic carbocycles. The van der Waals surface area contributed by atoms with Gasteiger partial charge in [-0.05, 0) is 18.4 Å². The number of β-amino-alcohol motifs (C(OH)–C–C–N with tert-alkyl or cyclic N) is 1. The summed E-state index contributed by atoms with van der Waals surface area (Å²) >= 11 is 0.